The molecule has 0 fully saturated rings. The maximum atomic E-state index is 13.1. The maximum absolute atomic E-state index is 13.1. The van der Waals surface area contributed by atoms with Crippen LogP contribution in [-0.2, 0) is 4.79 Å². The van der Waals surface area contributed by atoms with Gasteiger partial charge in [-0.1, -0.05) is 72.8 Å². The van der Waals surface area contributed by atoms with Crippen LogP contribution in [0.15, 0.2) is 72.8 Å². The van der Waals surface area contributed by atoms with Crippen molar-refractivity contribution in [3.8, 4) is 5.75 Å². The van der Waals surface area contributed by atoms with Gasteiger partial charge < -0.3 is 4.74 Å². The zero-order valence-electron chi connectivity index (χ0n) is 14.8. The summed E-state index contributed by atoms with van der Waals surface area (Å²) in [4.78, 5) is 13.1. The van der Waals surface area contributed by atoms with Crippen molar-refractivity contribution in [2.75, 3.05) is 0 Å². The quantitative estimate of drug-likeness (QED) is 0.476. The number of esters is 1. The van der Waals surface area contributed by atoms with Gasteiger partial charge in [-0.15, -0.1) is 0 Å². The molecule has 3 aromatic rings. The first-order valence-electron chi connectivity index (χ1n) is 8.46. The van der Waals surface area contributed by atoms with E-state index >= 15 is 0 Å². The topological polar surface area (TPSA) is 26.3 Å². The van der Waals surface area contributed by atoms with E-state index in [0.29, 0.717) is 5.75 Å². The van der Waals surface area contributed by atoms with Gasteiger partial charge in [-0.25, -0.2) is 0 Å². The molecule has 25 heavy (non-hydrogen) atoms. The summed E-state index contributed by atoms with van der Waals surface area (Å²) in [6, 6.07) is 23.6. The molecule has 2 nitrogen and oxygen atoms in total. The van der Waals surface area contributed by atoms with Crippen molar-refractivity contribution in [2.24, 2.45) is 0 Å². The fourth-order valence-corrected chi connectivity index (χ4v) is 3.00. The summed E-state index contributed by atoms with van der Waals surface area (Å²) in [5, 5.41) is 0. The molecule has 0 aromatic heterocycles. The highest BCUT2D eigenvalue weighted by atomic mass is 16.5. The van der Waals surface area contributed by atoms with Crippen molar-refractivity contribution in [3.63, 3.8) is 0 Å². The SMILES string of the molecule is Cc1ccc(C)c(OC(=O)C(c2ccccc2)c2ccccc2)c1C. The third kappa shape index (κ3) is 3.63. The molecule has 0 spiro atoms. The van der Waals surface area contributed by atoms with Crippen LogP contribution in [0.4, 0.5) is 0 Å². The number of carbonyl (C=O) groups excluding carboxylic acids is 1. The molecule has 0 unspecified atom stereocenters. The molecule has 0 aliphatic rings. The third-order valence-corrected chi connectivity index (χ3v) is 4.58. The number of carbonyl (C=O) groups is 1. The van der Waals surface area contributed by atoms with Crippen LogP contribution in [0.3, 0.4) is 0 Å². The summed E-state index contributed by atoms with van der Waals surface area (Å²) in [7, 11) is 0. The monoisotopic (exact) mass is 330 g/mol. The van der Waals surface area contributed by atoms with Crippen molar-refractivity contribution >= 4 is 5.97 Å². The van der Waals surface area contributed by atoms with Gasteiger partial charge in [0.1, 0.15) is 11.7 Å². The van der Waals surface area contributed by atoms with E-state index in [4.69, 9.17) is 4.74 Å². The lowest BCUT2D eigenvalue weighted by Gasteiger charge is -2.19. The van der Waals surface area contributed by atoms with E-state index in [1.54, 1.807) is 0 Å². The molecule has 126 valence electrons. The van der Waals surface area contributed by atoms with E-state index < -0.39 is 5.92 Å². The highest BCUT2D eigenvalue weighted by molar-refractivity contribution is 5.84. The molecule has 0 heterocycles. The third-order valence-electron chi connectivity index (χ3n) is 4.58. The fraction of sp³-hybridized carbons (Fsp3) is 0.174. The maximum Gasteiger partial charge on any atom is 0.323 e. The van der Waals surface area contributed by atoms with E-state index in [0.717, 1.165) is 27.8 Å². The van der Waals surface area contributed by atoms with Crippen molar-refractivity contribution in [2.45, 2.75) is 26.7 Å². The molecule has 0 radical (unpaired) electrons. The van der Waals surface area contributed by atoms with Crippen LogP contribution in [0.1, 0.15) is 33.7 Å². The lowest BCUT2D eigenvalue weighted by Crippen LogP contribution is -2.21. The van der Waals surface area contributed by atoms with Crippen molar-refractivity contribution in [1.82, 2.24) is 0 Å². The highest BCUT2D eigenvalue weighted by Gasteiger charge is 2.25. The number of hydrogen-bond donors (Lipinski definition) is 0. The average molecular weight is 330 g/mol. The predicted octanol–water partition coefficient (Wildman–Crippen LogP) is 5.35. The Morgan fingerprint density at radius 3 is 1.72 bits per heavy atom. The van der Waals surface area contributed by atoms with Crippen LogP contribution in [0, 0.1) is 20.8 Å². The van der Waals surface area contributed by atoms with Gasteiger partial charge in [-0.2, -0.15) is 0 Å². The second-order valence-corrected chi connectivity index (χ2v) is 6.33. The zero-order valence-corrected chi connectivity index (χ0v) is 14.8. The summed E-state index contributed by atoms with van der Waals surface area (Å²) in [5.41, 5.74) is 4.96. The zero-order chi connectivity index (χ0) is 17.8. The Bertz CT molecular complexity index is 828. The van der Waals surface area contributed by atoms with E-state index in [1.165, 1.54) is 0 Å². The molecule has 0 saturated carbocycles. The van der Waals surface area contributed by atoms with Crippen molar-refractivity contribution < 1.29 is 9.53 Å². The van der Waals surface area contributed by atoms with Crippen LogP contribution in [0.2, 0.25) is 0 Å². The molecule has 0 N–H and O–H groups in total. The Morgan fingerprint density at radius 2 is 1.20 bits per heavy atom. The minimum atomic E-state index is -0.443. The molecule has 3 rings (SSSR count). The number of ether oxygens (including phenoxy) is 1. The van der Waals surface area contributed by atoms with Crippen LogP contribution >= 0.6 is 0 Å². The van der Waals surface area contributed by atoms with Crippen LogP contribution in [0.5, 0.6) is 5.75 Å². The van der Waals surface area contributed by atoms with Gasteiger partial charge in [-0.05, 0) is 48.6 Å². The molecule has 0 aliphatic heterocycles. The first kappa shape index (κ1) is 17.0. The molecule has 0 amide bonds. The number of hydrogen-bond acceptors (Lipinski definition) is 2. The molecular formula is C23H22O2. The van der Waals surface area contributed by atoms with Gasteiger partial charge >= 0.3 is 5.97 Å². The first-order valence-corrected chi connectivity index (χ1v) is 8.46. The van der Waals surface area contributed by atoms with Crippen LogP contribution < -0.4 is 4.74 Å². The second-order valence-electron chi connectivity index (χ2n) is 6.33. The minimum Gasteiger partial charge on any atom is -0.425 e. The first-order chi connectivity index (χ1) is 12.1. The Kier molecular flexibility index (Phi) is 4.99. The summed E-state index contributed by atoms with van der Waals surface area (Å²) in [6.07, 6.45) is 0. The van der Waals surface area contributed by atoms with Crippen molar-refractivity contribution in [1.29, 1.82) is 0 Å². The lowest BCUT2D eigenvalue weighted by atomic mass is 9.91. The summed E-state index contributed by atoms with van der Waals surface area (Å²) in [6.45, 7) is 5.98. The molecule has 2 heteroatoms. The summed E-state index contributed by atoms with van der Waals surface area (Å²) < 4.78 is 5.89. The van der Waals surface area contributed by atoms with E-state index in [2.05, 4.69) is 0 Å². The fourth-order valence-electron chi connectivity index (χ4n) is 3.00. The molecule has 0 saturated heterocycles. The largest absolute Gasteiger partial charge is 0.425 e. The Labute approximate surface area is 149 Å². The molecule has 0 aliphatic carbocycles. The van der Waals surface area contributed by atoms with E-state index in [1.807, 2.05) is 93.6 Å². The molecule has 3 aromatic carbocycles. The second kappa shape index (κ2) is 7.35. The Hall–Kier alpha value is -2.87. The number of rotatable bonds is 4. The van der Waals surface area contributed by atoms with Gasteiger partial charge in [0.2, 0.25) is 0 Å². The lowest BCUT2D eigenvalue weighted by molar-refractivity contribution is -0.135. The van der Waals surface area contributed by atoms with Gasteiger partial charge in [-0.3, -0.25) is 4.79 Å². The summed E-state index contributed by atoms with van der Waals surface area (Å²) >= 11 is 0. The van der Waals surface area contributed by atoms with Crippen LogP contribution in [-0.4, -0.2) is 5.97 Å². The van der Waals surface area contributed by atoms with Gasteiger partial charge in [0, 0.05) is 0 Å². The normalized spacial score (nSPS) is 10.7. The molecular weight excluding hydrogens is 308 g/mol. The van der Waals surface area contributed by atoms with E-state index in [9.17, 15) is 4.79 Å². The van der Waals surface area contributed by atoms with Crippen molar-refractivity contribution in [3.05, 3.63) is 101 Å². The number of aryl methyl sites for hydroxylation is 2. The average Bonchev–Trinajstić information content (AvgIpc) is 2.64. The molecule has 0 bridgehead atoms. The predicted molar refractivity (Wildman–Crippen MR) is 101 cm³/mol. The Balaban J connectivity index is 2.00. The van der Waals surface area contributed by atoms with Gasteiger partial charge in [0.15, 0.2) is 0 Å². The smallest absolute Gasteiger partial charge is 0.323 e. The van der Waals surface area contributed by atoms with Crippen LogP contribution in [0.25, 0.3) is 0 Å². The molecule has 0 atom stereocenters. The summed E-state index contributed by atoms with van der Waals surface area (Å²) in [5.74, 6) is -0.0298. The minimum absolute atomic E-state index is 0.255. The van der Waals surface area contributed by atoms with Gasteiger partial charge in [0.25, 0.3) is 0 Å². The number of benzene rings is 3. The standard InChI is InChI=1S/C23H22O2/c1-16-14-15-17(2)22(18(16)3)25-23(24)21(19-10-6-4-7-11-19)20-12-8-5-9-13-20/h4-15,21H,1-3H3. The highest BCUT2D eigenvalue weighted by Crippen LogP contribution is 2.30. The van der Waals surface area contributed by atoms with E-state index in [-0.39, 0.29) is 5.97 Å². The Morgan fingerprint density at radius 1 is 0.720 bits per heavy atom. The van der Waals surface area contributed by atoms with Gasteiger partial charge in [0.05, 0.1) is 0 Å².